The predicted octanol–water partition coefficient (Wildman–Crippen LogP) is 4.68. The van der Waals surface area contributed by atoms with Crippen molar-refractivity contribution in [1.29, 1.82) is 0 Å². The third-order valence-electron chi connectivity index (χ3n) is 5.02. The lowest BCUT2D eigenvalue weighted by Crippen LogP contribution is -2.38. The Morgan fingerprint density at radius 1 is 1.11 bits per heavy atom. The molecule has 0 saturated heterocycles. The Hall–Kier alpha value is -2.12. The minimum absolute atomic E-state index is 0.0963. The monoisotopic (exact) mass is 424 g/mol. The number of nitrogens with zero attached hydrogens (tertiary/aromatic N) is 1. The summed E-state index contributed by atoms with van der Waals surface area (Å²) in [5, 5.41) is 0.169. The van der Waals surface area contributed by atoms with Gasteiger partial charge in [0.15, 0.2) is 0 Å². The van der Waals surface area contributed by atoms with Gasteiger partial charge in [0.05, 0.1) is 15.6 Å². The Balaban J connectivity index is 1.83. The van der Waals surface area contributed by atoms with Crippen LogP contribution in [0.4, 0.5) is 10.1 Å². The van der Waals surface area contributed by atoms with Crippen LogP contribution in [0, 0.1) is 5.82 Å². The lowest BCUT2D eigenvalue weighted by Gasteiger charge is -2.31. The number of hydrogen-bond acceptors (Lipinski definition) is 3. The number of halogens is 2. The fourth-order valence-corrected chi connectivity index (χ4v) is 4.68. The maximum absolute atomic E-state index is 13.1. The molecule has 28 heavy (non-hydrogen) atoms. The van der Waals surface area contributed by atoms with Crippen molar-refractivity contribution in [2.24, 2.45) is 0 Å². The van der Waals surface area contributed by atoms with Crippen LogP contribution >= 0.6 is 11.6 Å². The molecule has 1 saturated carbocycles. The Labute approximate surface area is 169 Å². The van der Waals surface area contributed by atoms with Crippen LogP contribution in [0.2, 0.25) is 5.02 Å². The molecule has 5 nitrogen and oxygen atoms in total. The van der Waals surface area contributed by atoms with Gasteiger partial charge in [-0.05, 0) is 55.3 Å². The molecule has 0 heterocycles. The molecule has 0 spiro atoms. The van der Waals surface area contributed by atoms with E-state index in [-0.39, 0.29) is 27.6 Å². The summed E-state index contributed by atoms with van der Waals surface area (Å²) in [5.41, 5.74) is 0.461. The van der Waals surface area contributed by atoms with Crippen LogP contribution in [0.3, 0.4) is 0 Å². The van der Waals surface area contributed by atoms with E-state index in [2.05, 4.69) is 4.72 Å². The highest BCUT2D eigenvalue weighted by Gasteiger charge is 2.24. The van der Waals surface area contributed by atoms with Crippen LogP contribution in [0.5, 0.6) is 0 Å². The summed E-state index contributed by atoms with van der Waals surface area (Å²) < 4.78 is 40.5. The van der Waals surface area contributed by atoms with E-state index in [4.69, 9.17) is 11.6 Å². The number of carbonyl (C=O) groups is 1. The van der Waals surface area contributed by atoms with Crippen molar-refractivity contribution in [3.63, 3.8) is 0 Å². The molecule has 2 aromatic rings. The van der Waals surface area contributed by atoms with Crippen LogP contribution in [-0.4, -0.2) is 32.3 Å². The molecule has 0 unspecified atom stereocenters. The first-order valence-electron chi connectivity index (χ1n) is 9.13. The highest BCUT2D eigenvalue weighted by atomic mass is 35.5. The van der Waals surface area contributed by atoms with Crippen molar-refractivity contribution in [1.82, 2.24) is 4.90 Å². The highest BCUT2D eigenvalue weighted by Crippen LogP contribution is 2.28. The summed E-state index contributed by atoms with van der Waals surface area (Å²) in [6.07, 6.45) is 5.34. The number of rotatable bonds is 5. The van der Waals surface area contributed by atoms with Crippen LogP contribution < -0.4 is 4.72 Å². The van der Waals surface area contributed by atoms with Gasteiger partial charge in [0.2, 0.25) is 0 Å². The molecule has 0 atom stereocenters. The second-order valence-corrected chi connectivity index (χ2v) is 9.05. The molecule has 150 valence electrons. The van der Waals surface area contributed by atoms with Gasteiger partial charge in [-0.3, -0.25) is 9.52 Å². The van der Waals surface area contributed by atoms with E-state index in [0.29, 0.717) is 5.56 Å². The Morgan fingerprint density at radius 3 is 2.39 bits per heavy atom. The minimum atomic E-state index is -3.96. The van der Waals surface area contributed by atoms with Crippen molar-refractivity contribution in [3.8, 4) is 0 Å². The molecule has 1 aliphatic carbocycles. The van der Waals surface area contributed by atoms with Crippen LogP contribution in [0.25, 0.3) is 0 Å². The molecule has 1 fully saturated rings. The number of anilines is 1. The minimum Gasteiger partial charge on any atom is -0.339 e. The van der Waals surface area contributed by atoms with E-state index in [0.717, 1.165) is 49.9 Å². The van der Waals surface area contributed by atoms with E-state index in [1.165, 1.54) is 18.6 Å². The maximum Gasteiger partial charge on any atom is 0.261 e. The van der Waals surface area contributed by atoms with E-state index in [9.17, 15) is 17.6 Å². The standard InChI is InChI=1S/C20H22ClFN2O3S/c1-24(16-5-3-2-4-6-16)20(25)14-7-12-18(21)19(13-14)23-28(26,27)17-10-8-15(22)9-11-17/h7-13,16,23H,2-6H2,1H3. The molecule has 0 aliphatic heterocycles. The smallest absolute Gasteiger partial charge is 0.261 e. The fraction of sp³-hybridized carbons (Fsp3) is 0.350. The van der Waals surface area contributed by atoms with Crippen molar-refractivity contribution in [2.75, 3.05) is 11.8 Å². The van der Waals surface area contributed by atoms with E-state index in [1.807, 2.05) is 0 Å². The van der Waals surface area contributed by atoms with Crippen LogP contribution in [0.1, 0.15) is 42.5 Å². The number of carbonyl (C=O) groups excluding carboxylic acids is 1. The molecule has 2 aromatic carbocycles. The first-order chi connectivity index (χ1) is 13.3. The first kappa shape index (κ1) is 20.6. The molecule has 1 N–H and O–H groups in total. The molecule has 3 rings (SSSR count). The van der Waals surface area contributed by atoms with Gasteiger partial charge in [0, 0.05) is 18.7 Å². The average Bonchev–Trinajstić information content (AvgIpc) is 2.69. The van der Waals surface area contributed by atoms with Gasteiger partial charge >= 0.3 is 0 Å². The highest BCUT2D eigenvalue weighted by molar-refractivity contribution is 7.92. The van der Waals surface area contributed by atoms with Crippen molar-refractivity contribution >= 4 is 33.2 Å². The zero-order chi connectivity index (χ0) is 20.3. The lowest BCUT2D eigenvalue weighted by atomic mass is 9.94. The zero-order valence-electron chi connectivity index (χ0n) is 15.5. The summed E-state index contributed by atoms with van der Waals surface area (Å²) >= 11 is 6.14. The number of nitrogens with one attached hydrogen (secondary N) is 1. The van der Waals surface area contributed by atoms with Gasteiger partial charge < -0.3 is 4.90 Å². The van der Waals surface area contributed by atoms with Crippen molar-refractivity contribution < 1.29 is 17.6 Å². The zero-order valence-corrected chi connectivity index (χ0v) is 17.1. The van der Waals surface area contributed by atoms with Gasteiger partial charge in [0.25, 0.3) is 15.9 Å². The summed E-state index contributed by atoms with van der Waals surface area (Å²) in [7, 11) is -2.19. The molecule has 0 radical (unpaired) electrons. The largest absolute Gasteiger partial charge is 0.339 e. The SMILES string of the molecule is CN(C(=O)c1ccc(Cl)c(NS(=O)(=O)c2ccc(F)cc2)c1)C1CCCCC1. The molecule has 0 bridgehead atoms. The number of benzene rings is 2. The summed E-state index contributed by atoms with van der Waals surface area (Å²) in [6, 6.07) is 9.16. The Morgan fingerprint density at radius 2 is 1.75 bits per heavy atom. The summed E-state index contributed by atoms with van der Waals surface area (Å²) in [4.78, 5) is 14.5. The van der Waals surface area contributed by atoms with Crippen LogP contribution in [-0.2, 0) is 10.0 Å². The van der Waals surface area contributed by atoms with E-state index >= 15 is 0 Å². The second kappa shape index (κ2) is 8.49. The molecule has 1 amide bonds. The van der Waals surface area contributed by atoms with Gasteiger partial charge in [0.1, 0.15) is 5.82 Å². The molecular formula is C20H22ClFN2O3S. The summed E-state index contributed by atoms with van der Waals surface area (Å²) in [6.45, 7) is 0. The van der Waals surface area contributed by atoms with Gasteiger partial charge in [-0.1, -0.05) is 30.9 Å². The fourth-order valence-electron chi connectivity index (χ4n) is 3.39. The van der Waals surface area contributed by atoms with Gasteiger partial charge in [-0.2, -0.15) is 0 Å². The first-order valence-corrected chi connectivity index (χ1v) is 11.0. The van der Waals surface area contributed by atoms with E-state index in [1.54, 1.807) is 18.0 Å². The third kappa shape index (κ3) is 4.64. The van der Waals surface area contributed by atoms with E-state index < -0.39 is 15.8 Å². The van der Waals surface area contributed by atoms with Crippen LogP contribution in [0.15, 0.2) is 47.4 Å². The van der Waals surface area contributed by atoms with Gasteiger partial charge in [-0.25, -0.2) is 12.8 Å². The second-order valence-electron chi connectivity index (χ2n) is 6.96. The third-order valence-corrected chi connectivity index (χ3v) is 6.74. The normalized spacial score (nSPS) is 15.2. The summed E-state index contributed by atoms with van der Waals surface area (Å²) in [5.74, 6) is -0.707. The quantitative estimate of drug-likeness (QED) is 0.757. The molecule has 0 aromatic heterocycles. The number of hydrogen-bond donors (Lipinski definition) is 1. The predicted molar refractivity (Wildman–Crippen MR) is 108 cm³/mol. The van der Waals surface area contributed by atoms with Gasteiger partial charge in [-0.15, -0.1) is 0 Å². The Bertz CT molecular complexity index is 958. The lowest BCUT2D eigenvalue weighted by molar-refractivity contribution is 0.0696. The van der Waals surface area contributed by atoms with Crippen molar-refractivity contribution in [2.45, 2.75) is 43.0 Å². The van der Waals surface area contributed by atoms with Crippen molar-refractivity contribution in [3.05, 3.63) is 58.9 Å². The Kier molecular flexibility index (Phi) is 6.25. The molecule has 1 aliphatic rings. The average molecular weight is 425 g/mol. The molecular weight excluding hydrogens is 403 g/mol. The molecule has 8 heteroatoms. The number of amides is 1. The number of sulfonamides is 1. The maximum atomic E-state index is 13.1. The topological polar surface area (TPSA) is 66.5 Å².